The fourth-order valence-corrected chi connectivity index (χ4v) is 1.80. The third-order valence-electron chi connectivity index (χ3n) is 2.18. The van der Waals surface area contributed by atoms with Crippen molar-refractivity contribution in [3.8, 4) is 0 Å². The molecule has 74 valence electrons. The van der Waals surface area contributed by atoms with Gasteiger partial charge in [-0.05, 0) is 31.2 Å². The summed E-state index contributed by atoms with van der Waals surface area (Å²) in [6, 6.07) is 8.11. The van der Waals surface area contributed by atoms with Gasteiger partial charge in [0, 0.05) is 34.1 Å². The van der Waals surface area contributed by atoms with Crippen molar-refractivity contribution >= 4 is 22.5 Å². The molecule has 0 radical (unpaired) electrons. The number of rotatable bonds is 2. The predicted molar refractivity (Wildman–Crippen MR) is 60.7 cm³/mol. The number of hydrogen-bond acceptors (Lipinski definition) is 1. The molecule has 1 aromatic heterocycles. The lowest BCUT2D eigenvalue weighted by Crippen LogP contribution is -2.17. The Morgan fingerprint density at radius 2 is 2.21 bits per heavy atom. The zero-order chi connectivity index (χ0) is 10.1. The third-order valence-corrected chi connectivity index (χ3v) is 2.42. The van der Waals surface area contributed by atoms with Crippen LogP contribution in [0, 0.1) is 0 Å². The lowest BCUT2D eigenvalue weighted by Gasteiger charge is -2.00. The SMILES string of the molecule is C[C@H](N)Cc1cc2cc(Cl)ccc2[nH]1. The molecule has 0 amide bonds. The lowest BCUT2D eigenvalue weighted by molar-refractivity contribution is 0.727. The summed E-state index contributed by atoms with van der Waals surface area (Å²) in [7, 11) is 0. The van der Waals surface area contributed by atoms with E-state index in [1.165, 1.54) is 0 Å². The standard InChI is InChI=1S/C11H13ClN2/c1-7(13)4-10-6-8-5-9(12)2-3-11(8)14-10/h2-3,5-7,14H,4,13H2,1H3/t7-/m0/s1. The van der Waals surface area contributed by atoms with E-state index in [4.69, 9.17) is 17.3 Å². The second kappa shape index (κ2) is 3.64. The zero-order valence-corrected chi connectivity index (χ0v) is 8.81. The summed E-state index contributed by atoms with van der Waals surface area (Å²) in [6.07, 6.45) is 0.867. The minimum Gasteiger partial charge on any atom is -0.358 e. The highest BCUT2D eigenvalue weighted by Crippen LogP contribution is 2.20. The van der Waals surface area contributed by atoms with Crippen LogP contribution in [0.3, 0.4) is 0 Å². The van der Waals surface area contributed by atoms with Crippen molar-refractivity contribution in [1.29, 1.82) is 0 Å². The van der Waals surface area contributed by atoms with Gasteiger partial charge < -0.3 is 10.7 Å². The summed E-state index contributed by atoms with van der Waals surface area (Å²) in [5.74, 6) is 0. The summed E-state index contributed by atoms with van der Waals surface area (Å²) in [6.45, 7) is 2.00. The molecule has 2 aromatic rings. The van der Waals surface area contributed by atoms with Crippen LogP contribution in [0.15, 0.2) is 24.3 Å². The van der Waals surface area contributed by atoms with E-state index in [0.717, 1.165) is 28.0 Å². The van der Waals surface area contributed by atoms with Crippen molar-refractivity contribution in [2.24, 2.45) is 5.73 Å². The van der Waals surface area contributed by atoms with Crippen molar-refractivity contribution in [3.05, 3.63) is 35.0 Å². The Morgan fingerprint density at radius 1 is 1.43 bits per heavy atom. The van der Waals surface area contributed by atoms with Gasteiger partial charge in [0.25, 0.3) is 0 Å². The van der Waals surface area contributed by atoms with E-state index in [9.17, 15) is 0 Å². The normalized spacial score (nSPS) is 13.4. The van der Waals surface area contributed by atoms with Crippen LogP contribution >= 0.6 is 11.6 Å². The molecule has 0 saturated carbocycles. The quantitative estimate of drug-likeness (QED) is 0.783. The van der Waals surface area contributed by atoms with Crippen molar-refractivity contribution < 1.29 is 0 Å². The van der Waals surface area contributed by atoms with Crippen LogP contribution in [-0.4, -0.2) is 11.0 Å². The maximum absolute atomic E-state index is 5.90. The number of hydrogen-bond donors (Lipinski definition) is 2. The maximum Gasteiger partial charge on any atom is 0.0457 e. The van der Waals surface area contributed by atoms with Gasteiger partial charge in [-0.25, -0.2) is 0 Å². The molecule has 14 heavy (non-hydrogen) atoms. The highest BCUT2D eigenvalue weighted by Gasteiger charge is 2.03. The van der Waals surface area contributed by atoms with Gasteiger partial charge in [-0.1, -0.05) is 11.6 Å². The van der Waals surface area contributed by atoms with Crippen LogP contribution in [0.4, 0.5) is 0 Å². The molecule has 0 fully saturated rings. The van der Waals surface area contributed by atoms with Gasteiger partial charge in [-0.3, -0.25) is 0 Å². The predicted octanol–water partition coefficient (Wildman–Crippen LogP) is 2.71. The number of aromatic nitrogens is 1. The average molecular weight is 209 g/mol. The Labute approximate surface area is 88.1 Å². The number of halogens is 1. The van der Waals surface area contributed by atoms with Gasteiger partial charge in [0.05, 0.1) is 0 Å². The molecule has 3 heteroatoms. The van der Waals surface area contributed by atoms with Crippen LogP contribution in [0.5, 0.6) is 0 Å². The lowest BCUT2D eigenvalue weighted by atomic mass is 10.2. The van der Waals surface area contributed by atoms with E-state index in [1.807, 2.05) is 25.1 Å². The number of fused-ring (bicyclic) bond motifs is 1. The van der Waals surface area contributed by atoms with Gasteiger partial charge in [-0.2, -0.15) is 0 Å². The minimum absolute atomic E-state index is 0.179. The van der Waals surface area contributed by atoms with Gasteiger partial charge >= 0.3 is 0 Å². The second-order valence-electron chi connectivity index (χ2n) is 3.71. The fraction of sp³-hybridized carbons (Fsp3) is 0.273. The molecule has 1 aromatic carbocycles. The minimum atomic E-state index is 0.179. The van der Waals surface area contributed by atoms with E-state index >= 15 is 0 Å². The summed E-state index contributed by atoms with van der Waals surface area (Å²) >= 11 is 5.90. The highest BCUT2D eigenvalue weighted by molar-refractivity contribution is 6.31. The Balaban J connectivity index is 2.41. The second-order valence-corrected chi connectivity index (χ2v) is 4.14. The summed E-state index contributed by atoms with van der Waals surface area (Å²) in [4.78, 5) is 3.32. The van der Waals surface area contributed by atoms with Crippen molar-refractivity contribution in [2.75, 3.05) is 0 Å². The van der Waals surface area contributed by atoms with Crippen LogP contribution in [-0.2, 0) is 6.42 Å². The van der Waals surface area contributed by atoms with E-state index in [0.29, 0.717) is 0 Å². The third kappa shape index (κ3) is 1.91. The van der Waals surface area contributed by atoms with Crippen LogP contribution in [0.25, 0.3) is 10.9 Å². The molecule has 0 saturated heterocycles. The molecule has 2 rings (SSSR count). The first kappa shape index (κ1) is 9.56. The Bertz CT molecular complexity index is 445. The largest absolute Gasteiger partial charge is 0.358 e. The fourth-order valence-electron chi connectivity index (χ4n) is 1.62. The Hall–Kier alpha value is -0.990. The number of nitrogens with two attached hydrogens (primary N) is 1. The molecule has 3 N–H and O–H groups in total. The van der Waals surface area contributed by atoms with Gasteiger partial charge in [-0.15, -0.1) is 0 Å². The van der Waals surface area contributed by atoms with Gasteiger partial charge in [0.2, 0.25) is 0 Å². The molecule has 0 aliphatic rings. The molecule has 2 nitrogen and oxygen atoms in total. The summed E-state index contributed by atoms with van der Waals surface area (Å²) in [5, 5.41) is 1.91. The van der Waals surface area contributed by atoms with E-state index in [-0.39, 0.29) is 6.04 Å². The average Bonchev–Trinajstić information content (AvgIpc) is 2.44. The first-order chi connectivity index (χ1) is 6.65. The molecular formula is C11H13ClN2. The summed E-state index contributed by atoms with van der Waals surface area (Å²) in [5.41, 5.74) is 8.01. The molecule has 0 unspecified atom stereocenters. The van der Waals surface area contributed by atoms with Crippen molar-refractivity contribution in [1.82, 2.24) is 4.98 Å². The molecule has 1 atom stereocenters. The maximum atomic E-state index is 5.90. The van der Waals surface area contributed by atoms with Gasteiger partial charge in [0.1, 0.15) is 0 Å². The van der Waals surface area contributed by atoms with Crippen LogP contribution in [0.1, 0.15) is 12.6 Å². The van der Waals surface area contributed by atoms with E-state index in [1.54, 1.807) is 0 Å². The van der Waals surface area contributed by atoms with E-state index < -0.39 is 0 Å². The molecule has 0 spiro atoms. The molecule has 0 aliphatic heterocycles. The van der Waals surface area contributed by atoms with Gasteiger partial charge in [0.15, 0.2) is 0 Å². The number of nitrogens with one attached hydrogen (secondary N) is 1. The Kier molecular flexibility index (Phi) is 2.48. The van der Waals surface area contributed by atoms with Crippen molar-refractivity contribution in [3.63, 3.8) is 0 Å². The molecule has 0 bridgehead atoms. The molecule has 0 aliphatic carbocycles. The highest BCUT2D eigenvalue weighted by atomic mass is 35.5. The first-order valence-corrected chi connectivity index (χ1v) is 5.05. The smallest absolute Gasteiger partial charge is 0.0457 e. The van der Waals surface area contributed by atoms with E-state index in [2.05, 4.69) is 11.1 Å². The Morgan fingerprint density at radius 3 is 2.93 bits per heavy atom. The van der Waals surface area contributed by atoms with Crippen LogP contribution in [0.2, 0.25) is 5.02 Å². The number of H-pyrrole nitrogens is 1. The zero-order valence-electron chi connectivity index (χ0n) is 8.05. The first-order valence-electron chi connectivity index (χ1n) is 4.68. The topological polar surface area (TPSA) is 41.8 Å². The summed E-state index contributed by atoms with van der Waals surface area (Å²) < 4.78 is 0. The monoisotopic (exact) mass is 208 g/mol. The molecular weight excluding hydrogens is 196 g/mol. The number of benzene rings is 1. The van der Waals surface area contributed by atoms with Crippen LogP contribution < -0.4 is 5.73 Å². The number of aromatic amines is 1. The van der Waals surface area contributed by atoms with Crippen molar-refractivity contribution in [2.45, 2.75) is 19.4 Å². The molecule has 1 heterocycles.